The first-order chi connectivity index (χ1) is 12.7. The maximum atomic E-state index is 12.8. The highest BCUT2D eigenvalue weighted by Gasteiger charge is 2.35. The molecule has 7 nitrogen and oxygen atoms in total. The Morgan fingerprint density at radius 2 is 2.23 bits per heavy atom. The molecule has 5 rings (SSSR count). The van der Waals surface area contributed by atoms with E-state index in [0.29, 0.717) is 12.5 Å². The molecule has 2 fully saturated rings. The molecule has 1 aliphatic carbocycles. The highest BCUT2D eigenvalue weighted by Crippen LogP contribution is 2.40. The number of anilines is 1. The van der Waals surface area contributed by atoms with E-state index in [-0.39, 0.29) is 17.7 Å². The van der Waals surface area contributed by atoms with Gasteiger partial charge in [0.25, 0.3) is 0 Å². The number of hydrogen-bond acceptors (Lipinski definition) is 5. The van der Waals surface area contributed by atoms with Crippen LogP contribution in [0.4, 0.5) is 5.69 Å². The van der Waals surface area contributed by atoms with E-state index >= 15 is 0 Å². The smallest absolute Gasteiger partial charge is 0.229 e. The molecule has 2 aromatic heterocycles. The highest BCUT2D eigenvalue weighted by molar-refractivity contribution is 5.95. The Hall–Kier alpha value is -2.67. The molecule has 0 bridgehead atoms. The highest BCUT2D eigenvalue weighted by atomic mass is 16.3. The van der Waals surface area contributed by atoms with Crippen LogP contribution < -0.4 is 10.6 Å². The maximum Gasteiger partial charge on any atom is 0.229 e. The fraction of sp³-hybridized carbons (Fsp3) is 0.421. The minimum atomic E-state index is -0.116. The lowest BCUT2D eigenvalue weighted by atomic mass is 9.90. The lowest BCUT2D eigenvalue weighted by molar-refractivity contribution is -0.119. The van der Waals surface area contributed by atoms with Crippen molar-refractivity contribution in [1.82, 2.24) is 20.1 Å². The van der Waals surface area contributed by atoms with E-state index in [2.05, 4.69) is 20.7 Å². The van der Waals surface area contributed by atoms with Crippen molar-refractivity contribution in [3.8, 4) is 0 Å². The molecule has 0 unspecified atom stereocenters. The van der Waals surface area contributed by atoms with Crippen LogP contribution in [-0.2, 0) is 11.8 Å². The summed E-state index contributed by atoms with van der Waals surface area (Å²) in [5.74, 6) is 1.34. The van der Waals surface area contributed by atoms with Gasteiger partial charge in [-0.3, -0.25) is 9.48 Å². The number of rotatable bonds is 4. The average Bonchev–Trinajstić information content (AvgIpc) is 3.04. The summed E-state index contributed by atoms with van der Waals surface area (Å²) in [6.45, 7) is 1.46. The molecule has 1 saturated carbocycles. The average molecular weight is 351 g/mol. The molecule has 0 spiro atoms. The van der Waals surface area contributed by atoms with Crippen molar-refractivity contribution in [1.29, 1.82) is 0 Å². The summed E-state index contributed by atoms with van der Waals surface area (Å²) < 4.78 is 7.56. The lowest BCUT2D eigenvalue weighted by Crippen LogP contribution is -2.28. The number of carbonyl (C=O) groups is 1. The van der Waals surface area contributed by atoms with E-state index in [4.69, 9.17) is 4.42 Å². The summed E-state index contributed by atoms with van der Waals surface area (Å²) in [4.78, 5) is 17.4. The predicted molar refractivity (Wildman–Crippen MR) is 96.9 cm³/mol. The van der Waals surface area contributed by atoms with Crippen LogP contribution in [0.2, 0.25) is 0 Å². The van der Waals surface area contributed by atoms with E-state index in [1.165, 1.54) is 0 Å². The fourth-order valence-corrected chi connectivity index (χ4v) is 3.70. The number of amides is 1. The summed E-state index contributed by atoms with van der Waals surface area (Å²) in [6, 6.07) is 5.66. The summed E-state index contributed by atoms with van der Waals surface area (Å²) in [7, 11) is 1.89. The standard InChI is InChI=1S/C19H21N5O2/c1-24-10-12(7-21-24)14-8-20-9-15(14)18(25)22-13-4-5-17-16(6-13)23-19(26-17)11-2-3-11/h4-7,10-11,14-15,20H,2-3,8-9H2,1H3,(H,22,25)/t14-,15+/m1/s1. The zero-order chi connectivity index (χ0) is 17.7. The summed E-state index contributed by atoms with van der Waals surface area (Å²) in [5.41, 5.74) is 3.44. The Labute approximate surface area is 150 Å². The third kappa shape index (κ3) is 2.78. The molecule has 7 heteroatoms. The van der Waals surface area contributed by atoms with Gasteiger partial charge in [-0.1, -0.05) is 0 Å². The Kier molecular flexibility index (Phi) is 3.56. The molecule has 0 radical (unpaired) electrons. The van der Waals surface area contributed by atoms with Gasteiger partial charge in [-0.15, -0.1) is 0 Å². The van der Waals surface area contributed by atoms with Crippen molar-refractivity contribution in [3.63, 3.8) is 0 Å². The van der Waals surface area contributed by atoms with Gasteiger partial charge in [0.1, 0.15) is 5.52 Å². The van der Waals surface area contributed by atoms with Gasteiger partial charge in [0, 0.05) is 43.9 Å². The van der Waals surface area contributed by atoms with Gasteiger partial charge < -0.3 is 15.1 Å². The Morgan fingerprint density at radius 1 is 1.35 bits per heavy atom. The minimum Gasteiger partial charge on any atom is -0.440 e. The van der Waals surface area contributed by atoms with Crippen LogP contribution in [0.3, 0.4) is 0 Å². The van der Waals surface area contributed by atoms with Crippen LogP contribution >= 0.6 is 0 Å². The van der Waals surface area contributed by atoms with E-state index in [1.54, 1.807) is 4.68 Å². The predicted octanol–water partition coefficient (Wildman–Crippen LogP) is 2.38. The van der Waals surface area contributed by atoms with Crippen LogP contribution in [-0.4, -0.2) is 33.8 Å². The first-order valence-electron chi connectivity index (χ1n) is 9.08. The lowest BCUT2D eigenvalue weighted by Gasteiger charge is -2.17. The number of nitrogens with one attached hydrogen (secondary N) is 2. The van der Waals surface area contributed by atoms with E-state index < -0.39 is 0 Å². The van der Waals surface area contributed by atoms with Crippen molar-refractivity contribution in [2.24, 2.45) is 13.0 Å². The maximum absolute atomic E-state index is 12.8. The molecule has 2 atom stereocenters. The quantitative estimate of drug-likeness (QED) is 0.754. The molecule has 3 heterocycles. The number of oxazole rings is 1. The molecule has 3 aromatic rings. The molecule has 1 amide bonds. The second kappa shape index (κ2) is 5.95. The van der Waals surface area contributed by atoms with Crippen molar-refractivity contribution in [2.75, 3.05) is 18.4 Å². The zero-order valence-electron chi connectivity index (χ0n) is 14.6. The van der Waals surface area contributed by atoms with Crippen LogP contribution in [0.1, 0.15) is 36.1 Å². The molecule has 134 valence electrons. The molecule has 1 saturated heterocycles. The van der Waals surface area contributed by atoms with Crippen LogP contribution in [0, 0.1) is 5.92 Å². The van der Waals surface area contributed by atoms with Gasteiger partial charge in [0.15, 0.2) is 11.5 Å². The number of fused-ring (bicyclic) bond motifs is 1. The Balaban J connectivity index is 1.34. The topological polar surface area (TPSA) is 85.0 Å². The first-order valence-corrected chi connectivity index (χ1v) is 9.08. The summed E-state index contributed by atoms with van der Waals surface area (Å²) in [5, 5.41) is 10.6. The number of aryl methyl sites for hydroxylation is 1. The van der Waals surface area contributed by atoms with Crippen LogP contribution in [0.5, 0.6) is 0 Å². The second-order valence-electron chi connectivity index (χ2n) is 7.32. The van der Waals surface area contributed by atoms with Crippen molar-refractivity contribution in [2.45, 2.75) is 24.7 Å². The molecular weight excluding hydrogens is 330 g/mol. The van der Waals surface area contributed by atoms with E-state index in [0.717, 1.165) is 47.6 Å². The minimum absolute atomic E-state index is 0.0223. The summed E-state index contributed by atoms with van der Waals surface area (Å²) >= 11 is 0. The largest absolute Gasteiger partial charge is 0.440 e. The van der Waals surface area contributed by atoms with Gasteiger partial charge >= 0.3 is 0 Å². The third-order valence-corrected chi connectivity index (χ3v) is 5.30. The van der Waals surface area contributed by atoms with Crippen LogP contribution in [0.25, 0.3) is 11.1 Å². The molecule has 1 aromatic carbocycles. The van der Waals surface area contributed by atoms with Gasteiger partial charge in [-0.05, 0) is 36.6 Å². The molecule has 26 heavy (non-hydrogen) atoms. The van der Waals surface area contributed by atoms with Gasteiger partial charge in [0.05, 0.1) is 12.1 Å². The number of hydrogen-bond donors (Lipinski definition) is 2. The monoisotopic (exact) mass is 351 g/mol. The van der Waals surface area contributed by atoms with Crippen molar-refractivity contribution in [3.05, 3.63) is 42.0 Å². The van der Waals surface area contributed by atoms with E-state index in [1.807, 2.05) is 37.6 Å². The molecule has 2 N–H and O–H groups in total. The fourth-order valence-electron chi connectivity index (χ4n) is 3.70. The third-order valence-electron chi connectivity index (χ3n) is 5.30. The molecular formula is C19H21N5O2. The number of nitrogens with zero attached hydrogens (tertiary/aromatic N) is 3. The molecule has 1 aliphatic heterocycles. The number of aromatic nitrogens is 3. The van der Waals surface area contributed by atoms with Gasteiger partial charge in [0.2, 0.25) is 5.91 Å². The Bertz CT molecular complexity index is 971. The Morgan fingerprint density at radius 3 is 3.00 bits per heavy atom. The zero-order valence-corrected chi connectivity index (χ0v) is 14.6. The first kappa shape index (κ1) is 15.6. The normalized spacial score (nSPS) is 22.8. The van der Waals surface area contributed by atoms with Crippen LogP contribution in [0.15, 0.2) is 35.0 Å². The van der Waals surface area contributed by atoms with Crippen molar-refractivity contribution >= 4 is 22.7 Å². The molecule has 2 aliphatic rings. The summed E-state index contributed by atoms with van der Waals surface area (Å²) in [6.07, 6.45) is 6.14. The van der Waals surface area contributed by atoms with E-state index in [9.17, 15) is 4.79 Å². The van der Waals surface area contributed by atoms with Gasteiger partial charge in [-0.25, -0.2) is 4.98 Å². The number of carbonyl (C=O) groups excluding carboxylic acids is 1. The van der Waals surface area contributed by atoms with Crippen molar-refractivity contribution < 1.29 is 9.21 Å². The van der Waals surface area contributed by atoms with Gasteiger partial charge in [-0.2, -0.15) is 5.10 Å². The second-order valence-corrected chi connectivity index (χ2v) is 7.32. The SMILES string of the molecule is Cn1cc([C@H]2CNC[C@@H]2C(=O)Nc2ccc3oc(C4CC4)nc3c2)cn1. The number of benzene rings is 1.